The minimum Gasteiger partial charge on any atom is -0.399 e. The van der Waals surface area contributed by atoms with Gasteiger partial charge in [-0.2, -0.15) is 11.8 Å². The topological polar surface area (TPSA) is 50.9 Å². The number of pyridine rings is 1. The summed E-state index contributed by atoms with van der Waals surface area (Å²) in [5.41, 5.74) is 6.45. The van der Waals surface area contributed by atoms with E-state index < -0.39 is 0 Å². The quantitative estimate of drug-likeness (QED) is 0.782. The Kier molecular flexibility index (Phi) is 3.14. The van der Waals surface area contributed by atoms with Gasteiger partial charge in [0, 0.05) is 29.7 Å². The number of thioether (sulfide) groups is 1. The normalized spacial score (nSPS) is 21.9. The summed E-state index contributed by atoms with van der Waals surface area (Å²) in [5.74, 6) is 3.37. The highest BCUT2D eigenvalue weighted by Gasteiger charge is 2.13. The van der Waals surface area contributed by atoms with Crippen molar-refractivity contribution in [3.05, 3.63) is 18.3 Å². The van der Waals surface area contributed by atoms with E-state index in [-0.39, 0.29) is 0 Å². The summed E-state index contributed by atoms with van der Waals surface area (Å²) in [7, 11) is 0. The molecular formula is C10H15N3S. The van der Waals surface area contributed by atoms with Crippen LogP contribution >= 0.6 is 11.8 Å². The Balaban J connectivity index is 1.95. The number of nitrogens with two attached hydrogens (primary N) is 1. The van der Waals surface area contributed by atoms with Gasteiger partial charge in [0.2, 0.25) is 0 Å². The van der Waals surface area contributed by atoms with Crippen molar-refractivity contribution < 1.29 is 0 Å². The van der Waals surface area contributed by atoms with Crippen LogP contribution in [0.2, 0.25) is 0 Å². The zero-order valence-electron chi connectivity index (χ0n) is 8.07. The second-order valence-electron chi connectivity index (χ2n) is 3.53. The van der Waals surface area contributed by atoms with Crippen molar-refractivity contribution in [2.75, 3.05) is 22.6 Å². The lowest BCUT2D eigenvalue weighted by Crippen LogP contribution is -2.26. The zero-order chi connectivity index (χ0) is 9.80. The minimum absolute atomic E-state index is 0.558. The van der Waals surface area contributed by atoms with Gasteiger partial charge in [0.1, 0.15) is 5.82 Å². The first-order chi connectivity index (χ1) is 6.84. The highest BCUT2D eigenvalue weighted by atomic mass is 32.2. The fourth-order valence-electron chi connectivity index (χ4n) is 1.59. The van der Waals surface area contributed by atoms with E-state index in [0.29, 0.717) is 6.04 Å². The van der Waals surface area contributed by atoms with E-state index in [1.54, 1.807) is 12.3 Å². The van der Waals surface area contributed by atoms with Gasteiger partial charge in [-0.3, -0.25) is 0 Å². The second-order valence-corrected chi connectivity index (χ2v) is 4.68. The molecule has 1 aromatic heterocycles. The first-order valence-electron chi connectivity index (χ1n) is 4.90. The zero-order valence-corrected chi connectivity index (χ0v) is 8.89. The molecule has 3 N–H and O–H groups in total. The molecule has 0 aliphatic carbocycles. The predicted octanol–water partition coefficient (Wildman–Crippen LogP) is 1.97. The van der Waals surface area contributed by atoms with Crippen LogP contribution < -0.4 is 11.1 Å². The molecule has 1 atom stereocenters. The number of hydrogen-bond donors (Lipinski definition) is 2. The molecular weight excluding hydrogens is 194 g/mol. The highest BCUT2D eigenvalue weighted by Crippen LogP contribution is 2.20. The number of nitrogens with zero attached hydrogens (tertiary/aromatic N) is 1. The summed E-state index contributed by atoms with van der Waals surface area (Å²) in [4.78, 5) is 4.23. The van der Waals surface area contributed by atoms with Gasteiger partial charge in [0.15, 0.2) is 0 Å². The van der Waals surface area contributed by atoms with E-state index in [1.165, 1.54) is 24.3 Å². The van der Waals surface area contributed by atoms with Crippen LogP contribution in [0.15, 0.2) is 18.3 Å². The summed E-state index contributed by atoms with van der Waals surface area (Å²) < 4.78 is 0. The largest absolute Gasteiger partial charge is 0.399 e. The van der Waals surface area contributed by atoms with Crippen molar-refractivity contribution >= 4 is 23.3 Å². The van der Waals surface area contributed by atoms with Crippen LogP contribution in [0, 0.1) is 0 Å². The second kappa shape index (κ2) is 4.55. The predicted molar refractivity (Wildman–Crippen MR) is 62.6 cm³/mol. The van der Waals surface area contributed by atoms with Crippen LogP contribution in [0.5, 0.6) is 0 Å². The lowest BCUT2D eigenvalue weighted by atomic mass is 10.2. The van der Waals surface area contributed by atoms with Gasteiger partial charge in [0.25, 0.3) is 0 Å². The van der Waals surface area contributed by atoms with Crippen LogP contribution in [0.4, 0.5) is 11.5 Å². The Morgan fingerprint density at radius 3 is 3.21 bits per heavy atom. The van der Waals surface area contributed by atoms with Gasteiger partial charge in [0.05, 0.1) is 0 Å². The molecule has 0 bridgehead atoms. The fourth-order valence-corrected chi connectivity index (χ4v) is 2.66. The molecule has 0 saturated carbocycles. The van der Waals surface area contributed by atoms with Crippen molar-refractivity contribution in [1.82, 2.24) is 4.98 Å². The third-order valence-electron chi connectivity index (χ3n) is 2.30. The van der Waals surface area contributed by atoms with Crippen molar-refractivity contribution in [2.45, 2.75) is 18.9 Å². The van der Waals surface area contributed by atoms with Gasteiger partial charge in [-0.25, -0.2) is 4.98 Å². The minimum atomic E-state index is 0.558. The molecule has 1 aliphatic heterocycles. The third kappa shape index (κ3) is 2.54. The third-order valence-corrected chi connectivity index (χ3v) is 3.51. The molecule has 0 radical (unpaired) electrons. The van der Waals surface area contributed by atoms with E-state index in [9.17, 15) is 0 Å². The van der Waals surface area contributed by atoms with Crippen molar-refractivity contribution in [1.29, 1.82) is 0 Å². The van der Waals surface area contributed by atoms with Gasteiger partial charge in [-0.05, 0) is 24.7 Å². The van der Waals surface area contributed by atoms with E-state index >= 15 is 0 Å². The Labute approximate surface area is 88.5 Å². The van der Waals surface area contributed by atoms with E-state index in [2.05, 4.69) is 10.3 Å². The SMILES string of the molecule is Nc1ccnc(NC2CCCSC2)c1. The fraction of sp³-hybridized carbons (Fsp3) is 0.500. The van der Waals surface area contributed by atoms with Gasteiger partial charge in [-0.15, -0.1) is 0 Å². The molecule has 3 nitrogen and oxygen atoms in total. The van der Waals surface area contributed by atoms with Crippen molar-refractivity contribution in [3.63, 3.8) is 0 Å². The molecule has 1 aliphatic rings. The van der Waals surface area contributed by atoms with E-state index in [0.717, 1.165) is 11.5 Å². The number of nitrogen functional groups attached to an aromatic ring is 1. The standard InChI is InChI=1S/C10H15N3S/c11-8-3-4-12-10(6-8)13-9-2-1-5-14-7-9/h3-4,6,9H,1-2,5,7H2,(H3,11,12,13). The molecule has 4 heteroatoms. The van der Waals surface area contributed by atoms with Gasteiger partial charge in [-0.1, -0.05) is 0 Å². The van der Waals surface area contributed by atoms with Crippen molar-refractivity contribution in [3.8, 4) is 0 Å². The summed E-state index contributed by atoms with van der Waals surface area (Å²) in [6, 6.07) is 4.25. The van der Waals surface area contributed by atoms with Crippen molar-refractivity contribution in [2.24, 2.45) is 0 Å². The molecule has 1 saturated heterocycles. The number of nitrogens with one attached hydrogen (secondary N) is 1. The molecule has 0 amide bonds. The van der Waals surface area contributed by atoms with E-state index in [1.807, 2.05) is 17.8 Å². The Morgan fingerprint density at radius 2 is 2.50 bits per heavy atom. The Morgan fingerprint density at radius 1 is 1.57 bits per heavy atom. The number of aromatic nitrogens is 1. The van der Waals surface area contributed by atoms with Crippen LogP contribution in [0.1, 0.15) is 12.8 Å². The first kappa shape index (κ1) is 9.65. The van der Waals surface area contributed by atoms with Crippen LogP contribution in [-0.4, -0.2) is 22.5 Å². The number of rotatable bonds is 2. The molecule has 76 valence electrons. The maximum absolute atomic E-state index is 5.68. The van der Waals surface area contributed by atoms with Crippen LogP contribution in [0.25, 0.3) is 0 Å². The van der Waals surface area contributed by atoms with Crippen LogP contribution in [-0.2, 0) is 0 Å². The first-order valence-corrected chi connectivity index (χ1v) is 6.06. The molecule has 14 heavy (non-hydrogen) atoms. The molecule has 1 fully saturated rings. The van der Waals surface area contributed by atoms with Gasteiger partial charge < -0.3 is 11.1 Å². The molecule has 0 aromatic carbocycles. The molecule has 1 aromatic rings. The maximum Gasteiger partial charge on any atom is 0.128 e. The molecule has 1 unspecified atom stereocenters. The number of hydrogen-bond acceptors (Lipinski definition) is 4. The summed E-state index contributed by atoms with van der Waals surface area (Å²) in [5, 5.41) is 3.41. The average molecular weight is 209 g/mol. The summed E-state index contributed by atoms with van der Waals surface area (Å²) in [6.07, 6.45) is 4.28. The van der Waals surface area contributed by atoms with E-state index in [4.69, 9.17) is 5.73 Å². The molecule has 2 heterocycles. The van der Waals surface area contributed by atoms with Crippen LogP contribution in [0.3, 0.4) is 0 Å². The smallest absolute Gasteiger partial charge is 0.128 e. The summed E-state index contributed by atoms with van der Waals surface area (Å²) in [6.45, 7) is 0. The van der Waals surface area contributed by atoms with Gasteiger partial charge >= 0.3 is 0 Å². The lowest BCUT2D eigenvalue weighted by Gasteiger charge is -2.22. The Hall–Kier alpha value is -0.900. The molecule has 0 spiro atoms. The maximum atomic E-state index is 5.68. The lowest BCUT2D eigenvalue weighted by molar-refractivity contribution is 0.682. The monoisotopic (exact) mass is 209 g/mol. The number of anilines is 2. The average Bonchev–Trinajstić information content (AvgIpc) is 2.19. The summed E-state index contributed by atoms with van der Waals surface area (Å²) >= 11 is 2.00. The Bertz CT molecular complexity index is 297. The highest BCUT2D eigenvalue weighted by molar-refractivity contribution is 7.99. The molecule has 2 rings (SSSR count).